The van der Waals surface area contributed by atoms with Gasteiger partial charge in [0.15, 0.2) is 0 Å². The van der Waals surface area contributed by atoms with Gasteiger partial charge in [0.05, 0.1) is 6.61 Å². The average molecular weight is 204 g/mol. The van der Waals surface area contributed by atoms with Gasteiger partial charge in [-0.05, 0) is 12.5 Å². The van der Waals surface area contributed by atoms with Crippen molar-refractivity contribution in [1.29, 1.82) is 0 Å². The van der Waals surface area contributed by atoms with Crippen LogP contribution >= 0.6 is 0 Å². The Balaban J connectivity index is 2.33. The maximum absolute atomic E-state index is 5.70. The third-order valence-corrected chi connectivity index (χ3v) is 2.39. The van der Waals surface area contributed by atoms with Gasteiger partial charge in [-0.15, -0.1) is 0 Å². The lowest BCUT2D eigenvalue weighted by Crippen LogP contribution is -1.98. The molecule has 0 saturated carbocycles. The van der Waals surface area contributed by atoms with Crippen molar-refractivity contribution < 1.29 is 4.74 Å². The summed E-state index contributed by atoms with van der Waals surface area (Å²) in [6, 6.07) is 8.01. The maximum Gasteiger partial charge on any atom is 0.126 e. The van der Waals surface area contributed by atoms with E-state index in [1.807, 2.05) is 30.3 Å². The quantitative estimate of drug-likeness (QED) is 0.602. The fourth-order valence-corrected chi connectivity index (χ4v) is 1.49. The highest BCUT2D eigenvalue weighted by Gasteiger charge is 1.98. The molecule has 0 N–H and O–H groups in total. The van der Waals surface area contributed by atoms with Crippen molar-refractivity contribution in [3.8, 4) is 5.75 Å². The summed E-state index contributed by atoms with van der Waals surface area (Å²) in [6.07, 6.45) is 6.79. The Labute approximate surface area is 92.8 Å². The highest BCUT2D eigenvalue weighted by molar-refractivity contribution is 5.55. The average Bonchev–Trinajstić information content (AvgIpc) is 2.29. The molecular weight excluding hydrogens is 184 g/mol. The number of para-hydroxylation sites is 1. The Morgan fingerprint density at radius 3 is 2.73 bits per heavy atom. The van der Waals surface area contributed by atoms with Gasteiger partial charge in [0, 0.05) is 5.56 Å². The summed E-state index contributed by atoms with van der Waals surface area (Å²) in [5, 5.41) is 0. The lowest BCUT2D eigenvalue weighted by atomic mass is 10.2. The van der Waals surface area contributed by atoms with Crippen LogP contribution in [0.5, 0.6) is 5.75 Å². The minimum atomic E-state index is 0.810. The summed E-state index contributed by atoms with van der Waals surface area (Å²) in [7, 11) is 0. The van der Waals surface area contributed by atoms with Crippen LogP contribution in [0.2, 0.25) is 0 Å². The van der Waals surface area contributed by atoms with Crippen molar-refractivity contribution >= 4 is 6.08 Å². The van der Waals surface area contributed by atoms with Gasteiger partial charge < -0.3 is 4.74 Å². The molecule has 1 aromatic rings. The third-order valence-electron chi connectivity index (χ3n) is 2.39. The van der Waals surface area contributed by atoms with E-state index in [0.717, 1.165) is 24.3 Å². The molecule has 0 unspecified atom stereocenters. The summed E-state index contributed by atoms with van der Waals surface area (Å²) in [5.74, 6) is 0.948. The van der Waals surface area contributed by atoms with Crippen molar-refractivity contribution in [2.75, 3.05) is 6.61 Å². The first-order valence-electron chi connectivity index (χ1n) is 5.72. The van der Waals surface area contributed by atoms with E-state index in [2.05, 4.69) is 13.5 Å². The van der Waals surface area contributed by atoms with E-state index in [1.165, 1.54) is 19.3 Å². The molecule has 1 nitrogen and oxygen atoms in total. The Bertz CT molecular complexity index is 291. The number of hydrogen-bond acceptors (Lipinski definition) is 1. The molecule has 82 valence electrons. The second-order valence-corrected chi connectivity index (χ2v) is 3.65. The Morgan fingerprint density at radius 1 is 1.20 bits per heavy atom. The molecule has 0 saturated heterocycles. The number of unbranched alkanes of at least 4 members (excludes halogenated alkanes) is 3. The van der Waals surface area contributed by atoms with E-state index >= 15 is 0 Å². The molecule has 0 aromatic heterocycles. The van der Waals surface area contributed by atoms with Gasteiger partial charge >= 0.3 is 0 Å². The molecule has 0 atom stereocenters. The van der Waals surface area contributed by atoms with E-state index in [1.54, 1.807) is 0 Å². The Morgan fingerprint density at radius 2 is 2.00 bits per heavy atom. The largest absolute Gasteiger partial charge is 0.493 e. The van der Waals surface area contributed by atoms with Gasteiger partial charge in [0.1, 0.15) is 5.75 Å². The Kier molecular flexibility index (Phi) is 5.60. The van der Waals surface area contributed by atoms with Crippen LogP contribution in [0.4, 0.5) is 0 Å². The van der Waals surface area contributed by atoms with E-state index in [0.29, 0.717) is 0 Å². The minimum absolute atomic E-state index is 0.810. The normalized spacial score (nSPS) is 9.93. The van der Waals surface area contributed by atoms with Crippen LogP contribution in [0.15, 0.2) is 30.8 Å². The molecule has 0 heterocycles. The molecule has 0 aliphatic carbocycles. The van der Waals surface area contributed by atoms with Crippen LogP contribution in [0.25, 0.3) is 6.08 Å². The van der Waals surface area contributed by atoms with E-state index in [4.69, 9.17) is 4.74 Å². The minimum Gasteiger partial charge on any atom is -0.493 e. The number of rotatable bonds is 7. The first-order chi connectivity index (χ1) is 7.38. The van der Waals surface area contributed by atoms with E-state index in [9.17, 15) is 0 Å². The topological polar surface area (TPSA) is 9.23 Å². The van der Waals surface area contributed by atoms with Gasteiger partial charge in [-0.3, -0.25) is 0 Å². The molecule has 0 spiro atoms. The molecule has 0 radical (unpaired) electrons. The second kappa shape index (κ2) is 7.10. The first kappa shape index (κ1) is 11.8. The summed E-state index contributed by atoms with van der Waals surface area (Å²) >= 11 is 0. The van der Waals surface area contributed by atoms with Crippen molar-refractivity contribution in [3.63, 3.8) is 0 Å². The molecule has 0 bridgehead atoms. The standard InChI is InChI=1S/C14H20O/c1-3-5-6-9-12-15-14-11-8-7-10-13(14)4-2/h4,7-8,10-11H,2-3,5-6,9,12H2,1H3. The van der Waals surface area contributed by atoms with E-state index < -0.39 is 0 Å². The summed E-state index contributed by atoms with van der Waals surface area (Å²) in [6.45, 7) is 6.80. The van der Waals surface area contributed by atoms with Crippen LogP contribution in [-0.2, 0) is 0 Å². The summed E-state index contributed by atoms with van der Waals surface area (Å²) in [4.78, 5) is 0. The Hall–Kier alpha value is -1.24. The first-order valence-corrected chi connectivity index (χ1v) is 5.72. The monoisotopic (exact) mass is 204 g/mol. The smallest absolute Gasteiger partial charge is 0.126 e. The second-order valence-electron chi connectivity index (χ2n) is 3.65. The molecule has 15 heavy (non-hydrogen) atoms. The predicted molar refractivity (Wildman–Crippen MR) is 66.2 cm³/mol. The zero-order chi connectivity index (χ0) is 10.9. The molecule has 0 aliphatic rings. The summed E-state index contributed by atoms with van der Waals surface area (Å²) in [5.41, 5.74) is 1.08. The maximum atomic E-state index is 5.70. The molecule has 0 aliphatic heterocycles. The van der Waals surface area contributed by atoms with Crippen LogP contribution in [-0.4, -0.2) is 6.61 Å². The molecule has 1 aromatic carbocycles. The summed E-state index contributed by atoms with van der Waals surface area (Å²) < 4.78 is 5.70. The van der Waals surface area contributed by atoms with E-state index in [-0.39, 0.29) is 0 Å². The fourth-order valence-electron chi connectivity index (χ4n) is 1.49. The van der Waals surface area contributed by atoms with Gasteiger partial charge in [-0.25, -0.2) is 0 Å². The SMILES string of the molecule is C=Cc1ccccc1OCCCCCC. The van der Waals surface area contributed by atoms with Crippen LogP contribution in [0, 0.1) is 0 Å². The van der Waals surface area contributed by atoms with Crippen molar-refractivity contribution in [1.82, 2.24) is 0 Å². The van der Waals surface area contributed by atoms with Gasteiger partial charge in [-0.2, -0.15) is 0 Å². The fraction of sp³-hybridized carbons (Fsp3) is 0.429. The lowest BCUT2D eigenvalue weighted by Gasteiger charge is -2.08. The highest BCUT2D eigenvalue weighted by atomic mass is 16.5. The molecule has 0 amide bonds. The highest BCUT2D eigenvalue weighted by Crippen LogP contribution is 2.19. The van der Waals surface area contributed by atoms with Crippen LogP contribution in [0.3, 0.4) is 0 Å². The molecule has 1 heteroatoms. The van der Waals surface area contributed by atoms with Crippen molar-refractivity contribution in [2.24, 2.45) is 0 Å². The zero-order valence-corrected chi connectivity index (χ0v) is 9.54. The number of hydrogen-bond donors (Lipinski definition) is 0. The van der Waals surface area contributed by atoms with Crippen LogP contribution < -0.4 is 4.74 Å². The van der Waals surface area contributed by atoms with Crippen LogP contribution in [0.1, 0.15) is 38.2 Å². The van der Waals surface area contributed by atoms with Crippen molar-refractivity contribution in [2.45, 2.75) is 32.6 Å². The zero-order valence-electron chi connectivity index (χ0n) is 9.54. The van der Waals surface area contributed by atoms with Gasteiger partial charge in [-0.1, -0.05) is 57.0 Å². The van der Waals surface area contributed by atoms with Gasteiger partial charge in [0.2, 0.25) is 0 Å². The number of benzene rings is 1. The predicted octanol–water partition coefficient (Wildman–Crippen LogP) is 4.29. The number of ether oxygens (including phenoxy) is 1. The molecular formula is C14H20O. The third kappa shape index (κ3) is 4.20. The van der Waals surface area contributed by atoms with Crippen molar-refractivity contribution in [3.05, 3.63) is 36.4 Å². The van der Waals surface area contributed by atoms with Gasteiger partial charge in [0.25, 0.3) is 0 Å². The molecule has 0 fully saturated rings. The lowest BCUT2D eigenvalue weighted by molar-refractivity contribution is 0.304. The molecule has 1 rings (SSSR count).